The molecule has 0 saturated carbocycles. The van der Waals surface area contributed by atoms with Gasteiger partial charge in [0, 0.05) is 31.6 Å². The summed E-state index contributed by atoms with van der Waals surface area (Å²) in [6.45, 7) is 5.33. The van der Waals surface area contributed by atoms with E-state index in [-0.39, 0.29) is 25.0 Å². The molecule has 4 aromatic rings. The van der Waals surface area contributed by atoms with Gasteiger partial charge in [-0.3, -0.25) is 4.72 Å². The number of halogens is 2. The molecule has 0 amide bonds. The number of ether oxygens (including phenoxy) is 4. The zero-order valence-corrected chi connectivity index (χ0v) is 29.1. The van der Waals surface area contributed by atoms with Crippen LogP contribution in [0.15, 0.2) is 54.6 Å². The first kappa shape index (κ1) is 36.1. The van der Waals surface area contributed by atoms with E-state index in [4.69, 9.17) is 42.1 Å². The van der Waals surface area contributed by atoms with Crippen LogP contribution in [-0.2, 0) is 29.6 Å². The minimum atomic E-state index is -3.60. The summed E-state index contributed by atoms with van der Waals surface area (Å²) in [6.07, 6.45) is 0.565. The molecule has 0 atom stereocenters. The topological polar surface area (TPSA) is 145 Å². The molecule has 0 bridgehead atoms. The van der Waals surface area contributed by atoms with Crippen molar-refractivity contribution in [3.8, 4) is 22.9 Å². The number of hydrogen-bond donors (Lipinski definition) is 2. The van der Waals surface area contributed by atoms with Crippen molar-refractivity contribution in [2.45, 2.75) is 25.6 Å². The lowest BCUT2D eigenvalue weighted by molar-refractivity contribution is -0.139. The van der Waals surface area contributed by atoms with E-state index in [1.165, 1.54) is 14.2 Å². The molecule has 1 aromatic heterocycles. The fourth-order valence-electron chi connectivity index (χ4n) is 4.88. The Morgan fingerprint density at radius 2 is 1.68 bits per heavy atom. The number of hydrogen-bond acceptors (Lipinski definition) is 10. The minimum Gasteiger partial charge on any atom is -0.489 e. The first-order chi connectivity index (χ1) is 22.4. The molecular formula is C33H37Cl2N5O6S. The van der Waals surface area contributed by atoms with E-state index < -0.39 is 21.7 Å². The van der Waals surface area contributed by atoms with Crippen LogP contribution in [0.5, 0.6) is 5.75 Å². The van der Waals surface area contributed by atoms with Gasteiger partial charge in [-0.25, -0.2) is 13.4 Å². The monoisotopic (exact) mass is 701 g/mol. The second kappa shape index (κ2) is 15.9. The number of benzene rings is 3. The van der Waals surface area contributed by atoms with E-state index in [0.29, 0.717) is 46.2 Å². The molecule has 0 radical (unpaired) electrons. The van der Waals surface area contributed by atoms with E-state index in [1.807, 2.05) is 48.5 Å². The van der Waals surface area contributed by atoms with E-state index in [0.717, 1.165) is 28.5 Å². The van der Waals surface area contributed by atoms with Gasteiger partial charge in [-0.1, -0.05) is 55.8 Å². The van der Waals surface area contributed by atoms with Gasteiger partial charge in [0.25, 0.3) is 0 Å². The molecule has 2 N–H and O–H groups in total. The van der Waals surface area contributed by atoms with Gasteiger partial charge in [-0.05, 0) is 46.5 Å². The first-order valence-corrected chi connectivity index (χ1v) is 17.4. The highest BCUT2D eigenvalue weighted by Crippen LogP contribution is 2.39. The molecule has 0 fully saturated rings. The molecule has 3 aromatic carbocycles. The predicted molar refractivity (Wildman–Crippen MR) is 185 cm³/mol. The van der Waals surface area contributed by atoms with Gasteiger partial charge in [0.05, 0.1) is 41.5 Å². The summed E-state index contributed by atoms with van der Waals surface area (Å²) in [7, 11) is -0.529. The van der Waals surface area contributed by atoms with Crippen molar-refractivity contribution < 1.29 is 27.4 Å². The fraction of sp³-hybridized carbons (Fsp3) is 0.364. The number of nitrogens with one attached hydrogen (secondary N) is 2. The number of nitriles is 1. The summed E-state index contributed by atoms with van der Waals surface area (Å²) < 4.78 is 47.7. The molecule has 1 heterocycles. The molecule has 0 aliphatic heterocycles. The van der Waals surface area contributed by atoms with Gasteiger partial charge >= 0.3 is 0 Å². The predicted octanol–water partition coefficient (Wildman–Crippen LogP) is 6.18. The van der Waals surface area contributed by atoms with E-state index in [2.05, 4.69) is 39.9 Å². The maximum atomic E-state index is 11.9. The van der Waals surface area contributed by atoms with Crippen LogP contribution in [0.4, 0.5) is 11.8 Å². The van der Waals surface area contributed by atoms with E-state index >= 15 is 0 Å². The number of alkyl halides is 1. The number of fused-ring (bicyclic) bond motifs is 1. The molecule has 11 nitrogen and oxygen atoms in total. The van der Waals surface area contributed by atoms with E-state index in [9.17, 15) is 13.7 Å². The molecule has 14 heteroatoms. The fourth-order valence-corrected chi connectivity index (χ4v) is 5.65. The summed E-state index contributed by atoms with van der Waals surface area (Å²) in [5, 5.41) is 14.0. The molecule has 0 spiro atoms. The van der Waals surface area contributed by atoms with Crippen LogP contribution in [0, 0.1) is 11.3 Å². The highest BCUT2D eigenvalue weighted by molar-refractivity contribution is 7.92. The minimum absolute atomic E-state index is 0.0418. The Morgan fingerprint density at radius 3 is 2.32 bits per heavy atom. The third kappa shape index (κ3) is 9.22. The number of rotatable bonds is 16. The van der Waals surface area contributed by atoms with Crippen molar-refractivity contribution in [3.63, 3.8) is 0 Å². The van der Waals surface area contributed by atoms with Crippen molar-refractivity contribution in [2.75, 3.05) is 62.8 Å². The van der Waals surface area contributed by atoms with Gasteiger partial charge in [0.2, 0.25) is 16.0 Å². The molecule has 47 heavy (non-hydrogen) atoms. The molecule has 0 saturated heterocycles. The number of methoxy groups -OCH3 is 2. The third-order valence-electron chi connectivity index (χ3n) is 7.44. The lowest BCUT2D eigenvalue weighted by atomic mass is 9.77. The Balaban J connectivity index is 1.62. The quantitative estimate of drug-likeness (QED) is 0.0789. The second-order valence-electron chi connectivity index (χ2n) is 11.1. The lowest BCUT2D eigenvalue weighted by Crippen LogP contribution is -2.22. The average Bonchev–Trinajstić information content (AvgIpc) is 3.04. The van der Waals surface area contributed by atoms with Crippen LogP contribution in [0.2, 0.25) is 5.02 Å². The Morgan fingerprint density at radius 1 is 0.979 bits per heavy atom. The van der Waals surface area contributed by atoms with Crippen molar-refractivity contribution in [1.29, 1.82) is 5.26 Å². The second-order valence-corrected chi connectivity index (χ2v) is 13.6. The van der Waals surface area contributed by atoms with Gasteiger partial charge in [0.1, 0.15) is 18.5 Å². The van der Waals surface area contributed by atoms with Crippen LogP contribution in [0.3, 0.4) is 0 Å². The number of aromatic nitrogens is 2. The highest BCUT2D eigenvalue weighted by atomic mass is 35.5. The molecule has 0 aliphatic carbocycles. The van der Waals surface area contributed by atoms with Gasteiger partial charge in [-0.15, -0.1) is 11.6 Å². The summed E-state index contributed by atoms with van der Waals surface area (Å²) in [5.41, 5.74) is 4.16. The Kier molecular flexibility index (Phi) is 12.2. The molecular weight excluding hydrogens is 665 g/mol. The van der Waals surface area contributed by atoms with Gasteiger partial charge in [0.15, 0.2) is 12.0 Å². The normalized spacial score (nSPS) is 11.9. The highest BCUT2D eigenvalue weighted by Gasteiger charge is 2.26. The van der Waals surface area contributed by atoms with E-state index in [1.54, 1.807) is 6.07 Å². The van der Waals surface area contributed by atoms with Crippen LogP contribution in [0.1, 0.15) is 30.5 Å². The summed E-state index contributed by atoms with van der Waals surface area (Å²) in [4.78, 5) is 8.86. The maximum absolute atomic E-state index is 11.9. The zero-order chi connectivity index (χ0) is 34.2. The zero-order valence-electron chi connectivity index (χ0n) is 26.8. The standard InChI is InChI=1S/C33H37Cl2N5O6S/c1-33(2,25-16-23(19-36)30(27(35)18-25)46-14-12-34)24-9-6-21(7-10-24)22-8-11-28-26(17-22)31(39-32(38-28)40-47(5,41)42)37-13-15-45-20-29(43-3)44-4/h6-11,16-18,29H,12-15,20H2,1-5H3,(H2,37,38,39,40). The smallest absolute Gasteiger partial charge is 0.239 e. The largest absolute Gasteiger partial charge is 0.489 e. The lowest BCUT2D eigenvalue weighted by Gasteiger charge is -2.27. The number of nitrogens with zero attached hydrogens (tertiary/aromatic N) is 3. The van der Waals surface area contributed by atoms with Crippen LogP contribution in [-0.4, -0.2) is 77.4 Å². The van der Waals surface area contributed by atoms with Gasteiger partial charge in [-0.2, -0.15) is 10.2 Å². The Bertz CT molecular complexity index is 1850. The Labute approximate surface area is 285 Å². The van der Waals surface area contributed by atoms with Crippen LogP contribution < -0.4 is 14.8 Å². The third-order valence-corrected chi connectivity index (χ3v) is 8.43. The average molecular weight is 703 g/mol. The number of anilines is 2. The Hall–Kier alpha value is -3.70. The summed E-state index contributed by atoms with van der Waals surface area (Å²) >= 11 is 12.3. The first-order valence-electron chi connectivity index (χ1n) is 14.6. The van der Waals surface area contributed by atoms with Crippen molar-refractivity contribution in [3.05, 3.63) is 76.3 Å². The SMILES string of the molecule is COC(COCCNc1nc(NS(C)(=O)=O)nc2ccc(-c3ccc(C(C)(C)c4cc(Cl)c(OCCCl)c(C#N)c4)cc3)cc12)OC. The molecule has 0 aliphatic rings. The maximum Gasteiger partial charge on any atom is 0.239 e. The van der Waals surface area contributed by atoms with Crippen molar-refractivity contribution in [1.82, 2.24) is 9.97 Å². The summed E-state index contributed by atoms with van der Waals surface area (Å²) in [5.74, 6) is 1.02. The molecule has 0 unspecified atom stereocenters. The van der Waals surface area contributed by atoms with Crippen LogP contribution >= 0.6 is 23.2 Å². The number of sulfonamides is 1. The van der Waals surface area contributed by atoms with Crippen molar-refractivity contribution >= 4 is 55.9 Å². The van der Waals surface area contributed by atoms with Crippen LogP contribution in [0.25, 0.3) is 22.0 Å². The summed E-state index contributed by atoms with van der Waals surface area (Å²) in [6, 6.07) is 19.6. The van der Waals surface area contributed by atoms with Crippen molar-refractivity contribution in [2.24, 2.45) is 0 Å². The van der Waals surface area contributed by atoms with Gasteiger partial charge < -0.3 is 24.3 Å². The molecule has 250 valence electrons. The molecule has 4 rings (SSSR count).